The number of aryl methyl sites for hydroxylation is 1. The Bertz CT molecular complexity index is 488. The third kappa shape index (κ3) is 2.79. The zero-order valence-electron chi connectivity index (χ0n) is 12.2. The number of fused-ring (bicyclic) bond motifs is 1. The van der Waals surface area contributed by atoms with Crippen LogP contribution in [0.15, 0.2) is 18.2 Å². The number of carbonyl (C=O) groups excluding carboxylic acids is 1. The zero-order chi connectivity index (χ0) is 14.1. The molecule has 3 unspecified atom stereocenters. The lowest BCUT2D eigenvalue weighted by atomic mass is 9.66. The van der Waals surface area contributed by atoms with Gasteiger partial charge in [0.2, 0.25) is 0 Å². The van der Waals surface area contributed by atoms with Crippen LogP contribution in [0.1, 0.15) is 60.9 Å². The van der Waals surface area contributed by atoms with Crippen LogP contribution in [0.4, 0.5) is 4.39 Å². The molecule has 1 nitrogen and oxygen atoms in total. The van der Waals surface area contributed by atoms with Crippen LogP contribution >= 0.6 is 0 Å². The zero-order valence-corrected chi connectivity index (χ0v) is 12.2. The summed E-state index contributed by atoms with van der Waals surface area (Å²) in [4.78, 5) is 12.6. The van der Waals surface area contributed by atoms with Crippen molar-refractivity contribution in [3.05, 3.63) is 35.1 Å². The smallest absolute Gasteiger partial charge is 0.166 e. The van der Waals surface area contributed by atoms with Gasteiger partial charge in [-0.05, 0) is 61.8 Å². The van der Waals surface area contributed by atoms with Crippen molar-refractivity contribution in [3.8, 4) is 0 Å². The first-order valence-corrected chi connectivity index (χ1v) is 7.95. The number of rotatable bonds is 2. The van der Waals surface area contributed by atoms with Gasteiger partial charge in [-0.2, -0.15) is 0 Å². The first-order valence-electron chi connectivity index (χ1n) is 7.95. The fourth-order valence-corrected chi connectivity index (χ4v) is 4.23. The Kier molecular flexibility index (Phi) is 3.91. The molecule has 1 aromatic rings. The Labute approximate surface area is 120 Å². The number of halogens is 1. The van der Waals surface area contributed by atoms with Gasteiger partial charge in [-0.1, -0.05) is 25.7 Å². The second-order valence-corrected chi connectivity index (χ2v) is 6.70. The Hall–Kier alpha value is -1.18. The quantitative estimate of drug-likeness (QED) is 0.699. The average molecular weight is 274 g/mol. The highest BCUT2D eigenvalue weighted by Gasteiger charge is 2.35. The maximum Gasteiger partial charge on any atom is 0.166 e. The van der Waals surface area contributed by atoms with Crippen molar-refractivity contribution in [3.63, 3.8) is 0 Å². The van der Waals surface area contributed by atoms with Crippen molar-refractivity contribution in [2.24, 2.45) is 17.8 Å². The maximum atomic E-state index is 13.5. The lowest BCUT2D eigenvalue weighted by molar-refractivity contribution is 0.0763. The molecule has 0 spiro atoms. The Morgan fingerprint density at radius 2 is 1.80 bits per heavy atom. The predicted molar refractivity (Wildman–Crippen MR) is 78.3 cm³/mol. The van der Waals surface area contributed by atoms with Gasteiger partial charge in [-0.3, -0.25) is 4.79 Å². The molecule has 0 bridgehead atoms. The van der Waals surface area contributed by atoms with Gasteiger partial charge >= 0.3 is 0 Å². The summed E-state index contributed by atoms with van der Waals surface area (Å²) in [6.45, 7) is 1.85. The van der Waals surface area contributed by atoms with E-state index >= 15 is 0 Å². The lowest BCUT2D eigenvalue weighted by Gasteiger charge is -2.38. The summed E-state index contributed by atoms with van der Waals surface area (Å²) in [7, 11) is 0. The van der Waals surface area contributed by atoms with Crippen LogP contribution in [-0.2, 0) is 0 Å². The summed E-state index contributed by atoms with van der Waals surface area (Å²) in [6, 6.07) is 4.72. The van der Waals surface area contributed by atoms with Gasteiger partial charge < -0.3 is 0 Å². The Morgan fingerprint density at radius 1 is 1.05 bits per heavy atom. The largest absolute Gasteiger partial charge is 0.294 e. The van der Waals surface area contributed by atoms with Gasteiger partial charge in [0.05, 0.1) is 0 Å². The van der Waals surface area contributed by atoms with Crippen LogP contribution in [0.3, 0.4) is 0 Å². The highest BCUT2D eigenvalue weighted by molar-refractivity contribution is 5.98. The van der Waals surface area contributed by atoms with Gasteiger partial charge in [0.25, 0.3) is 0 Å². The molecule has 0 aliphatic heterocycles. The number of ketones is 1. The molecule has 0 N–H and O–H groups in total. The first kappa shape index (κ1) is 13.8. The second kappa shape index (κ2) is 5.67. The molecule has 0 amide bonds. The summed E-state index contributed by atoms with van der Waals surface area (Å²) in [5, 5.41) is 0. The van der Waals surface area contributed by atoms with Crippen molar-refractivity contribution in [2.75, 3.05) is 0 Å². The van der Waals surface area contributed by atoms with Crippen molar-refractivity contribution in [2.45, 2.75) is 51.9 Å². The highest BCUT2D eigenvalue weighted by atomic mass is 19.1. The second-order valence-electron chi connectivity index (χ2n) is 6.70. The Balaban J connectivity index is 1.74. The molecule has 3 rings (SSSR count). The van der Waals surface area contributed by atoms with E-state index in [1.165, 1.54) is 44.2 Å². The predicted octanol–water partition coefficient (Wildman–Crippen LogP) is 4.92. The third-order valence-electron chi connectivity index (χ3n) is 5.24. The SMILES string of the molecule is Cc1cc(F)cc(C(=O)C2CCC3CCCCC3C2)c1. The molecule has 0 aromatic heterocycles. The molecule has 0 saturated heterocycles. The normalized spacial score (nSPS) is 29.8. The van der Waals surface area contributed by atoms with Crippen LogP contribution in [0, 0.1) is 30.5 Å². The van der Waals surface area contributed by atoms with E-state index in [0.717, 1.165) is 30.2 Å². The minimum absolute atomic E-state index is 0.121. The fraction of sp³-hybridized carbons (Fsp3) is 0.611. The molecule has 2 fully saturated rings. The average Bonchev–Trinajstić information content (AvgIpc) is 2.45. The summed E-state index contributed by atoms with van der Waals surface area (Å²) in [6.07, 6.45) is 8.54. The summed E-state index contributed by atoms with van der Waals surface area (Å²) < 4.78 is 13.5. The molecule has 2 aliphatic rings. The molecular weight excluding hydrogens is 251 g/mol. The molecule has 2 saturated carbocycles. The molecular formula is C18H23FO. The van der Waals surface area contributed by atoms with Crippen molar-refractivity contribution < 1.29 is 9.18 Å². The van der Waals surface area contributed by atoms with Crippen molar-refractivity contribution >= 4 is 5.78 Å². The highest BCUT2D eigenvalue weighted by Crippen LogP contribution is 2.43. The number of hydrogen-bond donors (Lipinski definition) is 0. The van der Waals surface area contributed by atoms with Crippen LogP contribution in [0.5, 0.6) is 0 Å². The van der Waals surface area contributed by atoms with Gasteiger partial charge in [0.15, 0.2) is 5.78 Å². The number of benzene rings is 1. The van der Waals surface area contributed by atoms with E-state index < -0.39 is 0 Å². The van der Waals surface area contributed by atoms with Crippen molar-refractivity contribution in [1.82, 2.24) is 0 Å². The van der Waals surface area contributed by atoms with E-state index in [2.05, 4.69) is 0 Å². The molecule has 108 valence electrons. The van der Waals surface area contributed by atoms with Gasteiger partial charge in [-0.15, -0.1) is 0 Å². The molecule has 3 atom stereocenters. The van der Waals surface area contributed by atoms with Crippen LogP contribution < -0.4 is 0 Å². The molecule has 0 heterocycles. The lowest BCUT2D eigenvalue weighted by Crippen LogP contribution is -2.31. The maximum absolute atomic E-state index is 13.5. The molecule has 20 heavy (non-hydrogen) atoms. The van der Waals surface area contributed by atoms with E-state index in [4.69, 9.17) is 0 Å². The Morgan fingerprint density at radius 3 is 2.55 bits per heavy atom. The van der Waals surface area contributed by atoms with E-state index in [-0.39, 0.29) is 17.5 Å². The molecule has 2 aliphatic carbocycles. The molecule has 2 heteroatoms. The fourth-order valence-electron chi connectivity index (χ4n) is 4.23. The van der Waals surface area contributed by atoms with E-state index in [1.807, 2.05) is 13.0 Å². The third-order valence-corrected chi connectivity index (χ3v) is 5.24. The number of carbonyl (C=O) groups is 1. The van der Waals surface area contributed by atoms with Crippen LogP contribution in [-0.4, -0.2) is 5.78 Å². The van der Waals surface area contributed by atoms with Crippen molar-refractivity contribution in [1.29, 1.82) is 0 Å². The topological polar surface area (TPSA) is 17.1 Å². The molecule has 0 radical (unpaired) electrons. The standard InChI is InChI=1S/C18H23FO/c1-12-8-16(11-17(19)9-12)18(20)15-7-6-13-4-2-3-5-14(13)10-15/h8-9,11,13-15H,2-7,10H2,1H3. The van der Waals surface area contributed by atoms with Crippen LogP contribution in [0.2, 0.25) is 0 Å². The number of Topliss-reactive ketones (excluding diaryl/α,β-unsaturated/α-hetero) is 1. The molecule has 1 aromatic carbocycles. The van der Waals surface area contributed by atoms with Crippen LogP contribution in [0.25, 0.3) is 0 Å². The van der Waals surface area contributed by atoms with Gasteiger partial charge in [0, 0.05) is 11.5 Å². The van der Waals surface area contributed by atoms with E-state index in [9.17, 15) is 9.18 Å². The van der Waals surface area contributed by atoms with E-state index in [1.54, 1.807) is 0 Å². The summed E-state index contributed by atoms with van der Waals surface area (Å²) in [5.41, 5.74) is 1.40. The monoisotopic (exact) mass is 274 g/mol. The first-order chi connectivity index (χ1) is 9.63. The van der Waals surface area contributed by atoms with Gasteiger partial charge in [0.1, 0.15) is 5.82 Å². The summed E-state index contributed by atoms with van der Waals surface area (Å²) in [5.74, 6) is 1.58. The number of hydrogen-bond acceptors (Lipinski definition) is 1. The minimum atomic E-state index is -0.292. The summed E-state index contributed by atoms with van der Waals surface area (Å²) >= 11 is 0. The van der Waals surface area contributed by atoms with Gasteiger partial charge in [-0.25, -0.2) is 4.39 Å². The van der Waals surface area contributed by atoms with E-state index in [0.29, 0.717) is 5.56 Å². The minimum Gasteiger partial charge on any atom is -0.294 e.